The molecule has 7 nitrogen and oxygen atoms in total. The second-order valence-corrected chi connectivity index (χ2v) is 3.18. The molecule has 7 heteroatoms. The summed E-state index contributed by atoms with van der Waals surface area (Å²) in [5.41, 5.74) is 7.12. The van der Waals surface area contributed by atoms with Crippen molar-refractivity contribution in [3.05, 3.63) is 12.4 Å². The number of carbonyl (C=O) groups is 1. The molecule has 0 aliphatic heterocycles. The van der Waals surface area contributed by atoms with Crippen LogP contribution >= 0.6 is 0 Å². The Morgan fingerprint density at radius 3 is 3.06 bits per heavy atom. The van der Waals surface area contributed by atoms with Crippen molar-refractivity contribution in [2.75, 3.05) is 17.2 Å². The average Bonchev–Trinajstić information content (AvgIpc) is 2.66. The van der Waals surface area contributed by atoms with Gasteiger partial charge in [0.05, 0.1) is 12.0 Å². The predicted octanol–water partition coefficient (Wildman–Crippen LogP) is -0.290. The molecular weight excluding hydrogens is 210 g/mol. The number of imidazole rings is 1. The van der Waals surface area contributed by atoms with Crippen LogP contribution in [0.1, 0.15) is 6.92 Å². The third-order valence-electron chi connectivity index (χ3n) is 2.23. The van der Waals surface area contributed by atoms with Gasteiger partial charge in [-0.3, -0.25) is 0 Å². The van der Waals surface area contributed by atoms with Crippen LogP contribution in [0.25, 0.3) is 11.2 Å². The van der Waals surface area contributed by atoms with E-state index in [9.17, 15) is 9.90 Å². The Balaban J connectivity index is 2.56. The SMILES string of the molecule is CCN(C(=O)[O-])c1cc(N)c2[nH]cnc2n1. The molecule has 0 fully saturated rings. The zero-order valence-corrected chi connectivity index (χ0v) is 8.60. The molecule has 1 amide bonds. The monoisotopic (exact) mass is 220 g/mol. The lowest BCUT2D eigenvalue weighted by Crippen LogP contribution is -2.41. The Bertz CT molecular complexity index is 536. The zero-order valence-electron chi connectivity index (χ0n) is 8.60. The summed E-state index contributed by atoms with van der Waals surface area (Å²) in [6.45, 7) is 1.92. The molecule has 0 saturated carbocycles. The van der Waals surface area contributed by atoms with Gasteiger partial charge in [0.25, 0.3) is 0 Å². The van der Waals surface area contributed by atoms with Crippen LogP contribution in [0.5, 0.6) is 0 Å². The maximum Gasteiger partial charge on any atom is 0.181 e. The van der Waals surface area contributed by atoms with Gasteiger partial charge in [0.2, 0.25) is 0 Å². The van der Waals surface area contributed by atoms with Crippen molar-refractivity contribution < 1.29 is 9.90 Å². The van der Waals surface area contributed by atoms with Crippen LogP contribution in [0.2, 0.25) is 0 Å². The smallest absolute Gasteiger partial charge is 0.181 e. The van der Waals surface area contributed by atoms with E-state index in [1.165, 1.54) is 12.4 Å². The van der Waals surface area contributed by atoms with Crippen molar-refractivity contribution in [1.82, 2.24) is 15.0 Å². The summed E-state index contributed by atoms with van der Waals surface area (Å²) in [6, 6.07) is 1.47. The third-order valence-corrected chi connectivity index (χ3v) is 2.23. The lowest BCUT2D eigenvalue weighted by Gasteiger charge is -2.22. The summed E-state index contributed by atoms with van der Waals surface area (Å²) >= 11 is 0. The van der Waals surface area contributed by atoms with Gasteiger partial charge in [-0.15, -0.1) is 0 Å². The van der Waals surface area contributed by atoms with Crippen LogP contribution < -0.4 is 15.7 Å². The van der Waals surface area contributed by atoms with E-state index in [-0.39, 0.29) is 12.4 Å². The molecule has 0 bridgehead atoms. The van der Waals surface area contributed by atoms with E-state index in [2.05, 4.69) is 15.0 Å². The van der Waals surface area contributed by atoms with E-state index in [0.29, 0.717) is 16.9 Å². The molecule has 0 aromatic carbocycles. The number of rotatable bonds is 2. The molecule has 16 heavy (non-hydrogen) atoms. The van der Waals surface area contributed by atoms with Crippen LogP contribution in [0.3, 0.4) is 0 Å². The number of aromatic nitrogens is 3. The minimum absolute atomic E-state index is 0.222. The third kappa shape index (κ3) is 1.52. The fraction of sp³-hybridized carbons (Fsp3) is 0.222. The number of nitrogens with zero attached hydrogens (tertiary/aromatic N) is 3. The van der Waals surface area contributed by atoms with Gasteiger partial charge < -0.3 is 25.5 Å². The number of carbonyl (C=O) groups excluding carboxylic acids is 1. The second-order valence-electron chi connectivity index (χ2n) is 3.18. The first-order valence-corrected chi connectivity index (χ1v) is 4.71. The van der Waals surface area contributed by atoms with Gasteiger partial charge in [0, 0.05) is 12.6 Å². The highest BCUT2D eigenvalue weighted by Crippen LogP contribution is 2.21. The Morgan fingerprint density at radius 2 is 2.44 bits per heavy atom. The molecule has 2 heterocycles. The maximum absolute atomic E-state index is 10.8. The number of nitrogens with one attached hydrogen (secondary N) is 1. The normalized spacial score (nSPS) is 10.6. The fourth-order valence-electron chi connectivity index (χ4n) is 1.46. The molecule has 0 atom stereocenters. The second kappa shape index (κ2) is 3.69. The number of nitrogen functional groups attached to an aromatic ring is 1. The summed E-state index contributed by atoms with van der Waals surface area (Å²) < 4.78 is 0. The highest BCUT2D eigenvalue weighted by Gasteiger charge is 2.11. The van der Waals surface area contributed by atoms with Crippen molar-refractivity contribution in [2.24, 2.45) is 0 Å². The van der Waals surface area contributed by atoms with Gasteiger partial charge in [-0.1, -0.05) is 0 Å². The summed E-state index contributed by atoms with van der Waals surface area (Å²) in [6.07, 6.45) is 0.136. The van der Waals surface area contributed by atoms with Gasteiger partial charge in [-0.2, -0.15) is 0 Å². The van der Waals surface area contributed by atoms with Gasteiger partial charge in [-0.05, 0) is 6.92 Å². The lowest BCUT2D eigenvalue weighted by atomic mass is 10.3. The summed E-state index contributed by atoms with van der Waals surface area (Å²) in [7, 11) is 0. The van der Waals surface area contributed by atoms with E-state index in [4.69, 9.17) is 5.73 Å². The minimum Gasteiger partial charge on any atom is -0.530 e. The predicted molar refractivity (Wildman–Crippen MR) is 56.7 cm³/mol. The summed E-state index contributed by atoms with van der Waals surface area (Å²) in [5, 5.41) is 10.8. The largest absolute Gasteiger partial charge is 0.530 e. The number of hydrogen-bond acceptors (Lipinski definition) is 5. The molecule has 2 aromatic rings. The number of aromatic amines is 1. The highest BCUT2D eigenvalue weighted by atomic mass is 16.4. The van der Waals surface area contributed by atoms with E-state index in [0.717, 1.165) is 4.90 Å². The molecule has 0 spiro atoms. The van der Waals surface area contributed by atoms with Crippen LogP contribution in [0.4, 0.5) is 16.3 Å². The molecule has 3 N–H and O–H groups in total. The molecule has 2 rings (SSSR count). The van der Waals surface area contributed by atoms with Crippen LogP contribution in [0.15, 0.2) is 12.4 Å². The Morgan fingerprint density at radius 1 is 1.69 bits per heavy atom. The highest BCUT2D eigenvalue weighted by molar-refractivity contribution is 5.90. The van der Waals surface area contributed by atoms with Crippen molar-refractivity contribution >= 4 is 28.8 Å². The number of pyridine rings is 1. The fourth-order valence-corrected chi connectivity index (χ4v) is 1.46. The minimum atomic E-state index is -1.32. The molecule has 0 unspecified atom stereocenters. The van der Waals surface area contributed by atoms with Crippen molar-refractivity contribution in [3.8, 4) is 0 Å². The van der Waals surface area contributed by atoms with Crippen molar-refractivity contribution in [3.63, 3.8) is 0 Å². The van der Waals surface area contributed by atoms with E-state index >= 15 is 0 Å². The molecule has 0 saturated heterocycles. The van der Waals surface area contributed by atoms with E-state index < -0.39 is 6.09 Å². The molecule has 0 aliphatic carbocycles. The maximum atomic E-state index is 10.8. The Kier molecular flexibility index (Phi) is 2.35. The first kappa shape index (κ1) is 10.2. The van der Waals surface area contributed by atoms with Crippen LogP contribution in [-0.2, 0) is 0 Å². The van der Waals surface area contributed by atoms with Gasteiger partial charge in [0.1, 0.15) is 17.4 Å². The number of amides is 1. The number of fused-ring (bicyclic) bond motifs is 1. The van der Waals surface area contributed by atoms with Crippen molar-refractivity contribution in [1.29, 1.82) is 0 Å². The molecule has 84 valence electrons. The molecule has 2 aromatic heterocycles. The zero-order chi connectivity index (χ0) is 11.7. The van der Waals surface area contributed by atoms with E-state index in [1.54, 1.807) is 6.92 Å². The quantitative estimate of drug-likeness (QED) is 0.722. The first-order chi connectivity index (χ1) is 7.63. The van der Waals surface area contributed by atoms with Gasteiger partial charge in [-0.25, -0.2) is 9.97 Å². The molecule has 0 aliphatic rings. The number of H-pyrrole nitrogens is 1. The molecule has 0 radical (unpaired) electrons. The van der Waals surface area contributed by atoms with Gasteiger partial charge >= 0.3 is 0 Å². The van der Waals surface area contributed by atoms with Crippen molar-refractivity contribution in [2.45, 2.75) is 6.92 Å². The Labute approximate surface area is 90.9 Å². The van der Waals surface area contributed by atoms with E-state index in [1.807, 2.05) is 0 Å². The van der Waals surface area contributed by atoms with Gasteiger partial charge in [0.15, 0.2) is 5.65 Å². The summed E-state index contributed by atoms with van der Waals surface area (Å²) in [5.74, 6) is 0.222. The van der Waals surface area contributed by atoms with Crippen LogP contribution in [-0.4, -0.2) is 27.6 Å². The number of anilines is 2. The topological polar surface area (TPSA) is 111 Å². The average molecular weight is 220 g/mol. The number of nitrogens with two attached hydrogens (primary N) is 1. The standard InChI is InChI=1S/C9H11N5O2/c1-2-14(9(15)16)6-3-5(10)7-8(13-6)12-4-11-7/h3-4H,2H2,1H3,(H,15,16)(H3,10,11,12,13)/p-1. The lowest BCUT2D eigenvalue weighted by molar-refractivity contribution is -0.246. The Hall–Kier alpha value is -2.31. The summed E-state index contributed by atoms with van der Waals surface area (Å²) in [4.78, 5) is 22.6. The molecular formula is C9H10N5O2-. The number of carboxylic acid groups (broad SMARTS) is 1. The first-order valence-electron chi connectivity index (χ1n) is 4.71. The number of hydrogen-bond donors (Lipinski definition) is 2. The van der Waals surface area contributed by atoms with Crippen LogP contribution in [0, 0.1) is 0 Å².